The molecule has 0 fully saturated rings. The fraction of sp³-hybridized carbons (Fsp3) is 0.333. The average molecular weight is 511 g/mol. The first kappa shape index (κ1) is 24.8. The van der Waals surface area contributed by atoms with Gasteiger partial charge in [0.15, 0.2) is 6.61 Å². The number of carbonyl (C=O) groups excluding carboxylic acids is 2. The van der Waals surface area contributed by atoms with Crippen LogP contribution in [0.15, 0.2) is 71.2 Å². The molecule has 0 aliphatic rings. The number of benzene rings is 3. The third-order valence-electron chi connectivity index (χ3n) is 5.83. The summed E-state index contributed by atoms with van der Waals surface area (Å²) in [6, 6.07) is 21.2. The van der Waals surface area contributed by atoms with Crippen molar-refractivity contribution in [1.29, 1.82) is 0 Å². The Balaban J connectivity index is 1.73. The molecule has 0 heterocycles. The number of carbonyl (C=O) groups is 2. The van der Waals surface area contributed by atoms with Gasteiger partial charge in [0, 0.05) is 12.6 Å². The Labute approximate surface area is 204 Å². The molecular formula is C27H31BrN2O3. The van der Waals surface area contributed by atoms with Crippen LogP contribution in [-0.4, -0.2) is 41.9 Å². The maximum absolute atomic E-state index is 13.2. The highest BCUT2D eigenvalue weighted by atomic mass is 79.9. The fourth-order valence-electron chi connectivity index (χ4n) is 3.58. The molecule has 33 heavy (non-hydrogen) atoms. The summed E-state index contributed by atoms with van der Waals surface area (Å²) in [7, 11) is 0. The standard InChI is InChI=1S/C27H31BrN2O3/c1-4-19(2)29-27(32)20(3)30(17-16-21-10-6-5-7-11-21)25(31)18-33-24-15-14-22-12-8-9-13-23(22)26(24)28/h5-15,19-20H,4,16-18H2,1-3H3,(H,29,32)/t19-,20+/m1/s1. The predicted molar refractivity (Wildman–Crippen MR) is 136 cm³/mol. The zero-order chi connectivity index (χ0) is 23.8. The van der Waals surface area contributed by atoms with Crippen molar-refractivity contribution in [2.45, 2.75) is 45.7 Å². The Kier molecular flexibility index (Phi) is 8.89. The van der Waals surface area contributed by atoms with E-state index in [4.69, 9.17) is 4.74 Å². The Hall–Kier alpha value is -2.86. The molecule has 0 bridgehead atoms. The molecule has 3 aromatic carbocycles. The average Bonchev–Trinajstić information content (AvgIpc) is 2.84. The number of amides is 2. The third-order valence-corrected chi connectivity index (χ3v) is 6.65. The largest absolute Gasteiger partial charge is 0.483 e. The topological polar surface area (TPSA) is 58.6 Å². The van der Waals surface area contributed by atoms with E-state index in [2.05, 4.69) is 21.2 Å². The Morgan fingerprint density at radius 3 is 2.42 bits per heavy atom. The van der Waals surface area contributed by atoms with Crippen LogP contribution in [0.4, 0.5) is 0 Å². The van der Waals surface area contributed by atoms with E-state index in [9.17, 15) is 9.59 Å². The molecule has 2 amide bonds. The number of rotatable bonds is 10. The highest BCUT2D eigenvalue weighted by Gasteiger charge is 2.27. The van der Waals surface area contributed by atoms with Gasteiger partial charge in [-0.3, -0.25) is 9.59 Å². The molecule has 0 spiro atoms. The van der Waals surface area contributed by atoms with Crippen LogP contribution in [-0.2, 0) is 16.0 Å². The van der Waals surface area contributed by atoms with Crippen LogP contribution in [0.1, 0.15) is 32.8 Å². The van der Waals surface area contributed by atoms with Gasteiger partial charge in [-0.05, 0) is 65.0 Å². The normalized spacial score (nSPS) is 12.7. The summed E-state index contributed by atoms with van der Waals surface area (Å²) in [4.78, 5) is 27.6. The minimum Gasteiger partial charge on any atom is -0.483 e. The van der Waals surface area contributed by atoms with Gasteiger partial charge in [0.25, 0.3) is 5.91 Å². The van der Waals surface area contributed by atoms with Crippen molar-refractivity contribution < 1.29 is 14.3 Å². The van der Waals surface area contributed by atoms with Crippen LogP contribution < -0.4 is 10.1 Å². The summed E-state index contributed by atoms with van der Waals surface area (Å²) in [6.45, 7) is 6.03. The van der Waals surface area contributed by atoms with E-state index in [-0.39, 0.29) is 24.5 Å². The number of halogens is 1. The molecular weight excluding hydrogens is 480 g/mol. The molecule has 0 aromatic heterocycles. The minimum atomic E-state index is -0.598. The van der Waals surface area contributed by atoms with Crippen molar-refractivity contribution in [1.82, 2.24) is 10.2 Å². The lowest BCUT2D eigenvalue weighted by Gasteiger charge is -2.29. The molecule has 0 saturated heterocycles. The van der Waals surface area contributed by atoms with Gasteiger partial charge in [-0.15, -0.1) is 0 Å². The highest BCUT2D eigenvalue weighted by Crippen LogP contribution is 2.33. The number of fused-ring (bicyclic) bond motifs is 1. The zero-order valence-corrected chi connectivity index (χ0v) is 21.0. The quantitative estimate of drug-likeness (QED) is 0.399. The second kappa shape index (κ2) is 11.8. The maximum atomic E-state index is 13.2. The lowest BCUT2D eigenvalue weighted by atomic mass is 10.1. The number of nitrogens with zero attached hydrogens (tertiary/aromatic N) is 1. The van der Waals surface area contributed by atoms with E-state index in [1.165, 1.54) is 0 Å². The summed E-state index contributed by atoms with van der Waals surface area (Å²) >= 11 is 3.60. The van der Waals surface area contributed by atoms with E-state index in [0.29, 0.717) is 18.7 Å². The maximum Gasteiger partial charge on any atom is 0.261 e. The molecule has 3 rings (SSSR count). The van der Waals surface area contributed by atoms with Crippen LogP contribution in [0, 0.1) is 0 Å². The number of ether oxygens (including phenoxy) is 1. The van der Waals surface area contributed by atoms with Crippen molar-refractivity contribution >= 4 is 38.5 Å². The fourth-order valence-corrected chi connectivity index (χ4v) is 4.19. The number of hydrogen-bond donors (Lipinski definition) is 1. The number of nitrogens with one attached hydrogen (secondary N) is 1. The molecule has 0 aliphatic carbocycles. The van der Waals surface area contributed by atoms with Crippen LogP contribution >= 0.6 is 15.9 Å². The summed E-state index contributed by atoms with van der Waals surface area (Å²) in [5.41, 5.74) is 1.11. The van der Waals surface area contributed by atoms with Crippen LogP contribution in [0.3, 0.4) is 0 Å². The molecule has 0 radical (unpaired) electrons. The zero-order valence-electron chi connectivity index (χ0n) is 19.4. The molecule has 0 unspecified atom stereocenters. The number of hydrogen-bond acceptors (Lipinski definition) is 3. The molecule has 0 aliphatic heterocycles. The van der Waals surface area contributed by atoms with Gasteiger partial charge >= 0.3 is 0 Å². The van der Waals surface area contributed by atoms with E-state index in [0.717, 1.165) is 27.2 Å². The molecule has 1 N–H and O–H groups in total. The second-order valence-electron chi connectivity index (χ2n) is 8.20. The van der Waals surface area contributed by atoms with Crippen LogP contribution in [0.5, 0.6) is 5.75 Å². The Bertz CT molecular complexity index is 1090. The van der Waals surface area contributed by atoms with E-state index in [1.807, 2.05) is 80.6 Å². The van der Waals surface area contributed by atoms with Crippen molar-refractivity contribution in [2.75, 3.05) is 13.2 Å². The lowest BCUT2D eigenvalue weighted by Crippen LogP contribution is -2.51. The summed E-state index contributed by atoms with van der Waals surface area (Å²) < 4.78 is 6.71. The molecule has 174 valence electrons. The van der Waals surface area contributed by atoms with Gasteiger partial charge < -0.3 is 15.0 Å². The van der Waals surface area contributed by atoms with Gasteiger partial charge in [-0.2, -0.15) is 0 Å². The van der Waals surface area contributed by atoms with Gasteiger partial charge in [0.1, 0.15) is 11.8 Å². The molecule has 2 atom stereocenters. The second-order valence-corrected chi connectivity index (χ2v) is 9.00. The SMILES string of the molecule is CC[C@@H](C)NC(=O)[C@H](C)N(CCc1ccccc1)C(=O)COc1ccc2ccccc2c1Br. The van der Waals surface area contributed by atoms with E-state index >= 15 is 0 Å². The molecule has 0 saturated carbocycles. The molecule has 5 nitrogen and oxygen atoms in total. The first-order valence-corrected chi connectivity index (χ1v) is 12.1. The highest BCUT2D eigenvalue weighted by molar-refractivity contribution is 9.10. The predicted octanol–water partition coefficient (Wildman–Crippen LogP) is 5.36. The Morgan fingerprint density at radius 2 is 1.70 bits per heavy atom. The minimum absolute atomic E-state index is 0.0517. The van der Waals surface area contributed by atoms with E-state index < -0.39 is 6.04 Å². The van der Waals surface area contributed by atoms with Crippen LogP contribution in [0.25, 0.3) is 10.8 Å². The van der Waals surface area contributed by atoms with Gasteiger partial charge in [-0.1, -0.05) is 67.6 Å². The van der Waals surface area contributed by atoms with Crippen molar-refractivity contribution in [3.05, 3.63) is 76.8 Å². The Morgan fingerprint density at radius 1 is 1.00 bits per heavy atom. The summed E-state index contributed by atoms with van der Waals surface area (Å²) in [6.07, 6.45) is 1.49. The van der Waals surface area contributed by atoms with Crippen molar-refractivity contribution in [2.24, 2.45) is 0 Å². The summed E-state index contributed by atoms with van der Waals surface area (Å²) in [5, 5.41) is 5.09. The van der Waals surface area contributed by atoms with Gasteiger partial charge in [0.2, 0.25) is 5.91 Å². The van der Waals surface area contributed by atoms with Crippen molar-refractivity contribution in [3.8, 4) is 5.75 Å². The van der Waals surface area contributed by atoms with E-state index in [1.54, 1.807) is 11.8 Å². The lowest BCUT2D eigenvalue weighted by molar-refractivity contribution is -0.141. The van der Waals surface area contributed by atoms with Gasteiger partial charge in [0.05, 0.1) is 4.47 Å². The first-order chi connectivity index (χ1) is 15.9. The molecule has 6 heteroatoms. The van der Waals surface area contributed by atoms with Crippen LogP contribution in [0.2, 0.25) is 0 Å². The third kappa shape index (κ3) is 6.57. The smallest absolute Gasteiger partial charge is 0.261 e. The first-order valence-electron chi connectivity index (χ1n) is 11.3. The van der Waals surface area contributed by atoms with Gasteiger partial charge in [-0.25, -0.2) is 0 Å². The summed E-state index contributed by atoms with van der Waals surface area (Å²) in [5.74, 6) is 0.220. The molecule has 3 aromatic rings. The van der Waals surface area contributed by atoms with Crippen molar-refractivity contribution in [3.63, 3.8) is 0 Å². The monoisotopic (exact) mass is 510 g/mol.